The maximum atomic E-state index is 13.8. The topological polar surface area (TPSA) is 39.2 Å². The largest absolute Gasteiger partial charge is 0.423 e. The number of fused-ring (bicyclic) bond motifs is 1. The molecule has 3 nitrogen and oxygen atoms in total. The molecule has 3 heteroatoms. The van der Waals surface area contributed by atoms with Crippen LogP contribution >= 0.6 is 0 Å². The Morgan fingerprint density at radius 1 is 0.737 bits per heavy atom. The molecule has 0 saturated heterocycles. The Labute approximate surface area is 225 Å². The fraction of sp³-hybridized carbons (Fsp3) is 0.200. The van der Waals surface area contributed by atoms with E-state index in [1.165, 1.54) is 11.1 Å². The number of carbonyl (C=O) groups is 1. The number of benzene rings is 4. The molecule has 38 heavy (non-hydrogen) atoms. The van der Waals surface area contributed by atoms with Crippen LogP contribution in [-0.2, 0) is 5.41 Å². The molecule has 1 heterocycles. The molecule has 0 saturated carbocycles. The van der Waals surface area contributed by atoms with Crippen molar-refractivity contribution in [2.45, 2.75) is 47.0 Å². The average molecular weight is 500 g/mol. The number of aryl methyl sites for hydroxylation is 3. The third-order valence-corrected chi connectivity index (χ3v) is 7.48. The maximum absolute atomic E-state index is 13.8. The van der Waals surface area contributed by atoms with Gasteiger partial charge in [0.25, 0.3) is 0 Å². The highest BCUT2D eigenvalue weighted by molar-refractivity contribution is 6.08. The minimum absolute atomic E-state index is 0.167. The molecule has 0 aliphatic rings. The van der Waals surface area contributed by atoms with Crippen LogP contribution in [0.15, 0.2) is 91.0 Å². The van der Waals surface area contributed by atoms with Crippen LogP contribution in [-0.4, -0.2) is 11.0 Å². The zero-order chi connectivity index (χ0) is 27.0. The Bertz CT molecular complexity index is 1630. The van der Waals surface area contributed by atoms with Crippen molar-refractivity contribution in [1.29, 1.82) is 0 Å². The van der Waals surface area contributed by atoms with Crippen molar-refractivity contribution in [3.05, 3.63) is 130 Å². The van der Waals surface area contributed by atoms with Gasteiger partial charge in [0.05, 0.1) is 16.8 Å². The van der Waals surface area contributed by atoms with E-state index < -0.39 is 0 Å². The van der Waals surface area contributed by atoms with Gasteiger partial charge >= 0.3 is 5.97 Å². The number of carbonyl (C=O) groups excluding carboxylic acids is 1. The molecule has 0 aliphatic heterocycles. The van der Waals surface area contributed by atoms with Gasteiger partial charge in [-0.3, -0.25) is 0 Å². The Hall–Kier alpha value is -4.24. The van der Waals surface area contributed by atoms with Gasteiger partial charge in [-0.15, -0.1) is 0 Å². The number of nitrogens with zero attached hydrogens (tertiary/aromatic N) is 1. The van der Waals surface area contributed by atoms with Gasteiger partial charge < -0.3 is 4.74 Å². The Morgan fingerprint density at radius 2 is 1.37 bits per heavy atom. The van der Waals surface area contributed by atoms with Gasteiger partial charge in [0, 0.05) is 16.4 Å². The van der Waals surface area contributed by atoms with Crippen LogP contribution in [0.2, 0.25) is 0 Å². The summed E-state index contributed by atoms with van der Waals surface area (Å²) in [5.41, 5.74) is 9.51. The molecule has 0 radical (unpaired) electrons. The van der Waals surface area contributed by atoms with Crippen molar-refractivity contribution in [3.63, 3.8) is 0 Å². The van der Waals surface area contributed by atoms with Crippen molar-refractivity contribution in [2.75, 3.05) is 0 Å². The molecule has 0 N–H and O–H groups in total. The smallest absolute Gasteiger partial charge is 0.344 e. The molecule has 0 unspecified atom stereocenters. The van der Waals surface area contributed by atoms with Crippen LogP contribution in [0.1, 0.15) is 57.6 Å². The van der Waals surface area contributed by atoms with E-state index in [1.54, 1.807) is 0 Å². The summed E-state index contributed by atoms with van der Waals surface area (Å²) in [5, 5.41) is 0.822. The molecule has 0 spiro atoms. The number of hydrogen-bond acceptors (Lipinski definition) is 3. The van der Waals surface area contributed by atoms with E-state index in [9.17, 15) is 4.79 Å². The first kappa shape index (κ1) is 25.4. The molecule has 0 amide bonds. The van der Waals surface area contributed by atoms with Gasteiger partial charge in [-0.05, 0) is 68.1 Å². The van der Waals surface area contributed by atoms with Crippen LogP contribution < -0.4 is 4.74 Å². The molecule has 0 bridgehead atoms. The van der Waals surface area contributed by atoms with Crippen molar-refractivity contribution in [3.8, 4) is 17.0 Å². The van der Waals surface area contributed by atoms with Gasteiger partial charge in [0.1, 0.15) is 5.75 Å². The number of esters is 1. The predicted octanol–water partition coefficient (Wildman–Crippen LogP) is 8.68. The summed E-state index contributed by atoms with van der Waals surface area (Å²) in [7, 11) is 0. The second kappa shape index (κ2) is 9.90. The predicted molar refractivity (Wildman–Crippen MR) is 156 cm³/mol. The molecule has 190 valence electrons. The first-order valence-corrected chi connectivity index (χ1v) is 13.0. The monoisotopic (exact) mass is 499 g/mol. The summed E-state index contributed by atoms with van der Waals surface area (Å²) in [6.45, 7) is 12.5. The Balaban J connectivity index is 1.54. The van der Waals surface area contributed by atoms with E-state index in [4.69, 9.17) is 9.72 Å². The normalized spacial score (nSPS) is 11.5. The summed E-state index contributed by atoms with van der Waals surface area (Å²) >= 11 is 0. The van der Waals surface area contributed by atoms with Gasteiger partial charge in [-0.25, -0.2) is 9.78 Å². The van der Waals surface area contributed by atoms with Gasteiger partial charge in [-0.2, -0.15) is 0 Å². The minimum atomic E-state index is -0.372. The highest BCUT2D eigenvalue weighted by Gasteiger charge is 2.24. The lowest BCUT2D eigenvalue weighted by molar-refractivity contribution is 0.0736. The summed E-state index contributed by atoms with van der Waals surface area (Å²) < 4.78 is 5.99. The van der Waals surface area contributed by atoms with Gasteiger partial charge in [0.2, 0.25) is 0 Å². The number of ether oxygens (including phenoxy) is 1. The number of rotatable bonds is 5. The summed E-state index contributed by atoms with van der Waals surface area (Å²) in [6.07, 6.45) is 0. The molecule has 1 aromatic heterocycles. The second-order valence-electron chi connectivity index (χ2n) is 10.7. The lowest BCUT2D eigenvalue weighted by Crippen LogP contribution is -2.18. The van der Waals surface area contributed by atoms with Crippen LogP contribution in [0.5, 0.6) is 5.75 Å². The highest BCUT2D eigenvalue weighted by Crippen LogP contribution is 2.34. The third kappa shape index (κ3) is 4.72. The summed E-state index contributed by atoms with van der Waals surface area (Å²) in [5.74, 6) is 0.150. The van der Waals surface area contributed by atoms with Crippen molar-refractivity contribution in [1.82, 2.24) is 4.98 Å². The average Bonchev–Trinajstić information content (AvgIpc) is 2.90. The molecule has 0 aliphatic carbocycles. The third-order valence-electron chi connectivity index (χ3n) is 7.48. The quantitative estimate of drug-likeness (QED) is 0.179. The maximum Gasteiger partial charge on any atom is 0.344 e. The zero-order valence-electron chi connectivity index (χ0n) is 22.9. The fourth-order valence-electron chi connectivity index (χ4n) is 5.19. The van der Waals surface area contributed by atoms with Crippen LogP contribution in [0.4, 0.5) is 0 Å². The first-order valence-electron chi connectivity index (χ1n) is 13.0. The van der Waals surface area contributed by atoms with Crippen molar-refractivity contribution in [2.24, 2.45) is 0 Å². The summed E-state index contributed by atoms with van der Waals surface area (Å²) in [6, 6.07) is 30.7. The highest BCUT2D eigenvalue weighted by atomic mass is 16.5. The van der Waals surface area contributed by atoms with Gasteiger partial charge in [0.15, 0.2) is 0 Å². The van der Waals surface area contributed by atoms with Crippen molar-refractivity contribution < 1.29 is 9.53 Å². The number of pyridine rings is 1. The van der Waals surface area contributed by atoms with E-state index in [0.29, 0.717) is 11.3 Å². The molecular formula is C35H33NO2. The Kier molecular flexibility index (Phi) is 6.62. The Morgan fingerprint density at radius 3 is 2.03 bits per heavy atom. The molecule has 0 fully saturated rings. The van der Waals surface area contributed by atoms with E-state index in [2.05, 4.69) is 75.4 Å². The van der Waals surface area contributed by atoms with E-state index in [0.717, 1.165) is 44.4 Å². The van der Waals surface area contributed by atoms with E-state index in [-0.39, 0.29) is 11.4 Å². The van der Waals surface area contributed by atoms with Crippen LogP contribution in [0, 0.1) is 27.7 Å². The van der Waals surface area contributed by atoms with Gasteiger partial charge in [-0.1, -0.05) is 97.8 Å². The van der Waals surface area contributed by atoms with Crippen LogP contribution in [0.3, 0.4) is 0 Å². The molecule has 4 aromatic carbocycles. The first-order chi connectivity index (χ1) is 18.1. The number of aromatic nitrogens is 1. The van der Waals surface area contributed by atoms with Crippen molar-refractivity contribution >= 4 is 16.9 Å². The zero-order valence-corrected chi connectivity index (χ0v) is 22.9. The molecule has 5 aromatic rings. The second-order valence-corrected chi connectivity index (χ2v) is 10.7. The minimum Gasteiger partial charge on any atom is -0.423 e. The SMILES string of the molecule is Cc1ccc(-c2nc3c(C)cc(C)cc3c(C(=O)Oc3ccc(C(C)(C)c4ccccc4)cc3)c2C)cc1. The summed E-state index contributed by atoms with van der Waals surface area (Å²) in [4.78, 5) is 18.8. The fourth-order valence-corrected chi connectivity index (χ4v) is 5.19. The number of hydrogen-bond donors (Lipinski definition) is 0. The van der Waals surface area contributed by atoms with Crippen LogP contribution in [0.25, 0.3) is 22.2 Å². The lowest BCUT2D eigenvalue weighted by Gasteiger charge is -2.26. The molecular weight excluding hydrogens is 466 g/mol. The van der Waals surface area contributed by atoms with E-state index >= 15 is 0 Å². The lowest BCUT2D eigenvalue weighted by atomic mass is 9.78. The molecule has 0 atom stereocenters. The standard InChI is InChI=1S/C35H33NO2/c1-22-12-14-26(15-13-22)33-25(4)31(30-21-23(2)20-24(3)32(30)36-33)34(37)38-29-18-16-28(17-19-29)35(5,6)27-10-8-7-9-11-27/h7-21H,1-6H3. The van der Waals surface area contributed by atoms with E-state index in [1.807, 2.05) is 57.2 Å². The molecule has 5 rings (SSSR count).